The average Bonchev–Trinajstić information content (AvgIpc) is 3.03. The molecule has 5 heteroatoms. The fourth-order valence-corrected chi connectivity index (χ4v) is 3.94. The molecule has 3 rings (SSSR count). The topological polar surface area (TPSA) is 39.2 Å². The van der Waals surface area contributed by atoms with E-state index in [4.69, 9.17) is 4.74 Å². The summed E-state index contributed by atoms with van der Waals surface area (Å²) < 4.78 is 6.03. The van der Waals surface area contributed by atoms with Crippen molar-refractivity contribution in [3.8, 4) is 5.75 Å². The van der Waals surface area contributed by atoms with Crippen LogP contribution in [-0.2, 0) is 6.42 Å². The third-order valence-electron chi connectivity index (χ3n) is 6.01. The number of allylic oxidation sites excluding steroid dienone is 3. The van der Waals surface area contributed by atoms with E-state index in [2.05, 4.69) is 79.2 Å². The van der Waals surface area contributed by atoms with Gasteiger partial charge in [0.1, 0.15) is 18.5 Å². The molecule has 2 aliphatic heterocycles. The maximum absolute atomic E-state index is 9.60. The number of hydrogen-bond acceptors (Lipinski definition) is 5. The van der Waals surface area contributed by atoms with Crippen molar-refractivity contribution in [1.29, 1.82) is 0 Å². The van der Waals surface area contributed by atoms with Crippen molar-refractivity contribution >= 4 is 5.69 Å². The van der Waals surface area contributed by atoms with Gasteiger partial charge in [-0.1, -0.05) is 11.6 Å². The zero-order valence-electron chi connectivity index (χ0n) is 17.8. The molecule has 0 radical (unpaired) electrons. The van der Waals surface area contributed by atoms with Gasteiger partial charge in [0.15, 0.2) is 0 Å². The van der Waals surface area contributed by atoms with Crippen molar-refractivity contribution in [2.45, 2.75) is 45.4 Å². The van der Waals surface area contributed by atoms with Gasteiger partial charge in [-0.15, -0.1) is 0 Å². The lowest BCUT2D eigenvalue weighted by Crippen LogP contribution is -2.39. The minimum atomic E-state index is -0.117. The van der Waals surface area contributed by atoms with Gasteiger partial charge in [0.05, 0.1) is 6.10 Å². The highest BCUT2D eigenvalue weighted by molar-refractivity contribution is 5.61. The van der Waals surface area contributed by atoms with Crippen molar-refractivity contribution < 1.29 is 9.84 Å². The highest BCUT2D eigenvalue weighted by Crippen LogP contribution is 2.34. The van der Waals surface area contributed by atoms with Gasteiger partial charge in [-0.3, -0.25) is 4.90 Å². The van der Waals surface area contributed by atoms with Crippen LogP contribution in [0.15, 0.2) is 42.1 Å². The highest BCUT2D eigenvalue weighted by atomic mass is 16.5. The molecule has 0 saturated carbocycles. The van der Waals surface area contributed by atoms with Gasteiger partial charge in [-0.25, -0.2) is 0 Å². The Morgan fingerprint density at radius 1 is 1.32 bits per heavy atom. The van der Waals surface area contributed by atoms with Crippen LogP contribution < -0.4 is 9.64 Å². The van der Waals surface area contributed by atoms with E-state index in [9.17, 15) is 5.11 Å². The molecule has 0 amide bonds. The monoisotopic (exact) mass is 385 g/mol. The van der Waals surface area contributed by atoms with Gasteiger partial charge in [0.25, 0.3) is 0 Å². The molecule has 0 aromatic heterocycles. The van der Waals surface area contributed by atoms with Crippen molar-refractivity contribution in [2.24, 2.45) is 0 Å². The summed E-state index contributed by atoms with van der Waals surface area (Å²) in [6.45, 7) is 7.73. The van der Waals surface area contributed by atoms with Gasteiger partial charge >= 0.3 is 0 Å². The molecule has 1 N–H and O–H groups in total. The third-order valence-corrected chi connectivity index (χ3v) is 6.01. The number of ether oxygens (including phenoxy) is 1. The molecule has 0 aliphatic carbocycles. The first-order chi connectivity index (χ1) is 13.5. The second kappa shape index (κ2) is 9.48. The van der Waals surface area contributed by atoms with Crippen LogP contribution in [0.2, 0.25) is 0 Å². The van der Waals surface area contributed by atoms with Gasteiger partial charge in [-0.2, -0.15) is 0 Å². The summed E-state index contributed by atoms with van der Waals surface area (Å²) in [6, 6.07) is 6.45. The second-order valence-electron chi connectivity index (χ2n) is 8.02. The predicted molar refractivity (Wildman–Crippen MR) is 116 cm³/mol. The molecule has 2 aliphatic rings. The Hall–Kier alpha value is -1.98. The first-order valence-corrected chi connectivity index (χ1v) is 10.4. The summed E-state index contributed by atoms with van der Waals surface area (Å²) in [5.41, 5.74) is 3.89. The number of rotatable bonds is 7. The van der Waals surface area contributed by atoms with Crippen molar-refractivity contribution in [3.63, 3.8) is 0 Å². The molecule has 1 fully saturated rings. The molecule has 1 unspecified atom stereocenters. The molecule has 28 heavy (non-hydrogen) atoms. The zero-order chi connectivity index (χ0) is 20.1. The number of anilines is 1. The van der Waals surface area contributed by atoms with Gasteiger partial charge < -0.3 is 19.6 Å². The molecular formula is C23H35N3O2. The van der Waals surface area contributed by atoms with Crippen molar-refractivity contribution in [3.05, 3.63) is 47.7 Å². The summed E-state index contributed by atoms with van der Waals surface area (Å²) in [7, 11) is 4.30. The fourth-order valence-electron chi connectivity index (χ4n) is 3.94. The van der Waals surface area contributed by atoms with E-state index in [1.54, 1.807) is 0 Å². The Morgan fingerprint density at radius 2 is 2.07 bits per heavy atom. The summed E-state index contributed by atoms with van der Waals surface area (Å²) >= 11 is 0. The molecule has 5 nitrogen and oxygen atoms in total. The van der Waals surface area contributed by atoms with Crippen molar-refractivity contribution in [2.75, 3.05) is 45.2 Å². The van der Waals surface area contributed by atoms with Gasteiger partial charge in [0.2, 0.25) is 0 Å². The first kappa shape index (κ1) is 20.7. The molecule has 1 aromatic carbocycles. The quantitative estimate of drug-likeness (QED) is 0.730. The van der Waals surface area contributed by atoms with E-state index in [1.807, 2.05) is 0 Å². The molecule has 0 spiro atoms. The normalized spacial score (nSPS) is 21.4. The lowest BCUT2D eigenvalue weighted by molar-refractivity contribution is 0.0755. The third kappa shape index (κ3) is 5.09. The Bertz CT molecular complexity index is 708. The number of likely N-dealkylation sites (tertiary alicyclic amines) is 1. The number of likely N-dealkylation sites (N-methyl/N-ethyl adjacent to an activating group) is 2. The highest BCUT2D eigenvalue weighted by Gasteiger charge is 2.28. The average molecular weight is 386 g/mol. The molecule has 0 bridgehead atoms. The Morgan fingerprint density at radius 3 is 2.79 bits per heavy atom. The smallest absolute Gasteiger partial charge is 0.119 e. The largest absolute Gasteiger partial charge is 0.492 e. The zero-order valence-corrected chi connectivity index (χ0v) is 17.8. The van der Waals surface area contributed by atoms with Crippen LogP contribution >= 0.6 is 0 Å². The van der Waals surface area contributed by atoms with Crippen LogP contribution in [0, 0.1) is 0 Å². The van der Waals surface area contributed by atoms with Crippen LogP contribution in [0.25, 0.3) is 0 Å². The van der Waals surface area contributed by atoms with Crippen LogP contribution in [-0.4, -0.2) is 67.5 Å². The molecular weight excluding hydrogens is 350 g/mol. The number of benzene rings is 1. The van der Waals surface area contributed by atoms with E-state index in [0.29, 0.717) is 12.8 Å². The fraction of sp³-hybridized carbons (Fsp3) is 0.565. The number of piperidine rings is 1. The SMILES string of the molecule is C/C=C(C)\C=C/N(C)C1Cc2cc(OCCN3CCC(O)CC3)ccc2N1C. The lowest BCUT2D eigenvalue weighted by atomic mass is 10.1. The lowest BCUT2D eigenvalue weighted by Gasteiger charge is -2.30. The van der Waals surface area contributed by atoms with Gasteiger partial charge in [0, 0.05) is 52.0 Å². The maximum Gasteiger partial charge on any atom is 0.119 e. The van der Waals surface area contributed by atoms with E-state index >= 15 is 0 Å². The molecule has 1 atom stereocenters. The molecule has 1 saturated heterocycles. The van der Waals surface area contributed by atoms with E-state index in [1.165, 1.54) is 16.8 Å². The first-order valence-electron chi connectivity index (χ1n) is 10.4. The molecule has 2 heterocycles. The molecule has 154 valence electrons. The second-order valence-corrected chi connectivity index (χ2v) is 8.02. The van der Waals surface area contributed by atoms with Crippen LogP contribution in [0.5, 0.6) is 5.75 Å². The van der Waals surface area contributed by atoms with Gasteiger partial charge in [-0.05, 0) is 56.5 Å². The minimum absolute atomic E-state index is 0.117. The van der Waals surface area contributed by atoms with E-state index < -0.39 is 0 Å². The van der Waals surface area contributed by atoms with E-state index in [0.717, 1.165) is 44.6 Å². The summed E-state index contributed by atoms with van der Waals surface area (Å²) in [5.74, 6) is 0.952. The summed E-state index contributed by atoms with van der Waals surface area (Å²) in [4.78, 5) is 6.99. The van der Waals surface area contributed by atoms with E-state index in [-0.39, 0.29) is 6.10 Å². The minimum Gasteiger partial charge on any atom is -0.492 e. The standard InChI is InChI=1S/C23H35N3O2/c1-5-18(2)8-11-24(3)23-17-19-16-21(6-7-22(19)25(23)4)28-15-14-26-12-9-20(27)10-13-26/h5-8,11,16,20,23,27H,9-10,12-15,17H2,1-4H3/b11-8-,18-5-. The van der Waals surface area contributed by atoms with Crippen LogP contribution in [0.1, 0.15) is 32.3 Å². The van der Waals surface area contributed by atoms with Crippen molar-refractivity contribution in [1.82, 2.24) is 9.80 Å². The maximum atomic E-state index is 9.60. The number of fused-ring (bicyclic) bond motifs is 1. The number of aliphatic hydroxyl groups is 1. The summed E-state index contributed by atoms with van der Waals surface area (Å²) in [5, 5.41) is 9.60. The Kier molecular flexibility index (Phi) is 7.03. The predicted octanol–water partition coefficient (Wildman–Crippen LogP) is 3.25. The Labute approximate surface area is 169 Å². The molecule has 1 aromatic rings. The summed E-state index contributed by atoms with van der Waals surface area (Å²) in [6.07, 6.45) is 9.39. The van der Waals surface area contributed by atoms with Crippen LogP contribution in [0.4, 0.5) is 5.69 Å². The number of aliphatic hydroxyl groups excluding tert-OH is 1. The van der Waals surface area contributed by atoms with Crippen LogP contribution in [0.3, 0.4) is 0 Å². The Balaban J connectivity index is 1.54. The number of hydrogen-bond donors (Lipinski definition) is 1. The number of nitrogens with zero attached hydrogens (tertiary/aromatic N) is 3.